The van der Waals surface area contributed by atoms with Gasteiger partial charge in [-0.05, 0) is 70.9 Å². The highest BCUT2D eigenvalue weighted by molar-refractivity contribution is 7.88. The Kier molecular flexibility index (Phi) is 11.8. The highest BCUT2D eigenvalue weighted by atomic mass is 32.2. The van der Waals surface area contributed by atoms with Crippen molar-refractivity contribution >= 4 is 72.6 Å². The lowest BCUT2D eigenvalue weighted by molar-refractivity contribution is 0.0748. The van der Waals surface area contributed by atoms with Gasteiger partial charge >= 0.3 is 0 Å². The minimum Gasteiger partial charge on any atom is -0.368 e. The van der Waals surface area contributed by atoms with Crippen LogP contribution in [-0.2, 0) is 15.8 Å². The molecule has 1 amide bonds. The Hall–Kier alpha value is -8.10. The van der Waals surface area contributed by atoms with Gasteiger partial charge in [-0.1, -0.05) is 66.7 Å². The first-order chi connectivity index (χ1) is 33.0. The van der Waals surface area contributed by atoms with Gasteiger partial charge < -0.3 is 36.1 Å². The van der Waals surface area contributed by atoms with Crippen LogP contribution in [0.3, 0.4) is 0 Å². The Bertz CT molecular complexity index is 3390. The van der Waals surface area contributed by atoms with Crippen molar-refractivity contribution in [3.05, 3.63) is 144 Å². The molecule has 6 N–H and O–H groups in total. The van der Waals surface area contributed by atoms with Gasteiger partial charge in [-0.15, -0.1) is 0 Å². The van der Waals surface area contributed by atoms with E-state index in [1.54, 1.807) is 24.3 Å². The Morgan fingerprint density at radius 2 is 1.04 bits per heavy atom. The van der Waals surface area contributed by atoms with Gasteiger partial charge in [0.2, 0.25) is 21.9 Å². The molecule has 344 valence electrons. The number of aromatic nitrogens is 8. The van der Waals surface area contributed by atoms with Crippen LogP contribution in [0.1, 0.15) is 15.9 Å². The zero-order valence-electron chi connectivity index (χ0n) is 36.4. The lowest BCUT2D eigenvalue weighted by Gasteiger charge is -2.35. The van der Waals surface area contributed by atoms with Gasteiger partial charge in [0.15, 0.2) is 34.0 Å². The minimum absolute atomic E-state index is 0.0205. The molecule has 2 saturated heterocycles. The number of sulfonamides is 1. The molecule has 0 atom stereocenters. The Morgan fingerprint density at radius 1 is 0.559 bits per heavy atom. The Labute approximate surface area is 388 Å². The molecular weight excluding hydrogens is 891 g/mol. The number of carbonyl (C=O) groups excluding carboxylic acids is 1. The van der Waals surface area contributed by atoms with E-state index in [-0.39, 0.29) is 35.2 Å². The van der Waals surface area contributed by atoms with E-state index in [1.165, 1.54) is 28.6 Å². The molecule has 0 unspecified atom stereocenters. The van der Waals surface area contributed by atoms with Crippen LogP contribution >= 0.6 is 0 Å². The fourth-order valence-corrected chi connectivity index (χ4v) is 10.0. The van der Waals surface area contributed by atoms with Gasteiger partial charge in [0.1, 0.15) is 23.3 Å². The number of aromatic amines is 2. The van der Waals surface area contributed by atoms with Crippen LogP contribution in [0.25, 0.3) is 55.9 Å². The lowest BCUT2D eigenvalue weighted by atomic mass is 10.0. The van der Waals surface area contributed by atoms with Crippen LogP contribution in [0.2, 0.25) is 0 Å². The quantitative estimate of drug-likeness (QED) is 0.132. The molecule has 2 aliphatic heterocycles. The number of H-pyrrole nitrogens is 2. The number of carbonyl (C=O) groups is 1. The monoisotopic (exact) mass is 934 g/mol. The summed E-state index contributed by atoms with van der Waals surface area (Å²) in [5, 5.41) is 2.00. The maximum absolute atomic E-state index is 13.3. The van der Waals surface area contributed by atoms with E-state index in [0.717, 1.165) is 21.9 Å². The summed E-state index contributed by atoms with van der Waals surface area (Å²) in [7, 11) is -3.43. The molecule has 20 heteroatoms. The number of benzene rings is 5. The van der Waals surface area contributed by atoms with Crippen molar-refractivity contribution in [1.29, 1.82) is 0 Å². The fraction of sp³-hybridized carbons (Fsp3) is 0.188. The number of piperazine rings is 2. The fourth-order valence-electron chi connectivity index (χ4n) is 8.49. The summed E-state index contributed by atoms with van der Waals surface area (Å²) in [6, 6.07) is 34.9. The largest absolute Gasteiger partial charge is 0.368 e. The number of nitrogen functional groups attached to an aromatic ring is 2. The molecule has 0 radical (unpaired) electrons. The van der Waals surface area contributed by atoms with Crippen molar-refractivity contribution in [3.63, 3.8) is 0 Å². The third kappa shape index (κ3) is 9.05. The zero-order chi connectivity index (χ0) is 46.9. The first-order valence-electron chi connectivity index (χ1n) is 21.8. The summed E-state index contributed by atoms with van der Waals surface area (Å²) >= 11 is 0. The number of halogens is 2. The second kappa shape index (κ2) is 18.3. The minimum atomic E-state index is -3.43. The van der Waals surface area contributed by atoms with Crippen molar-refractivity contribution in [3.8, 4) is 22.8 Å². The number of hydrogen-bond acceptors (Lipinski definition) is 13. The standard InChI is InChI=1S/C26H22FN7O.C22H22FN7O2S/c27-18-10-8-17(9-11-18)22-29-21-23(30-22)31-26(28)32-24(21)33-12-14-34(15-13-33)25(35)20-7-3-5-16-4-1-2-6-19(16)20;23-17-8-6-16(7-9-17)19-25-18-20(26-19)27-22(24)28-21(18)29-10-12-30(13-11-29)33(31,32)14-15-4-2-1-3-5-15/h1-11H,12-15H2,(H3,28,29,30,31,32);1-9H,10-14H2,(H3,24,25,26,27,28). The highest BCUT2D eigenvalue weighted by Gasteiger charge is 2.30. The van der Waals surface area contributed by atoms with Crippen LogP contribution in [0.4, 0.5) is 32.3 Å². The van der Waals surface area contributed by atoms with Gasteiger partial charge in [-0.2, -0.15) is 24.2 Å². The summed E-state index contributed by atoms with van der Waals surface area (Å²) in [6.07, 6.45) is 0. The number of rotatable bonds is 8. The molecule has 4 aromatic heterocycles. The van der Waals surface area contributed by atoms with E-state index < -0.39 is 10.0 Å². The first kappa shape index (κ1) is 43.8. The molecule has 68 heavy (non-hydrogen) atoms. The van der Waals surface area contributed by atoms with Gasteiger partial charge in [0.05, 0.1) is 5.75 Å². The van der Waals surface area contributed by atoms with Crippen LogP contribution in [0, 0.1) is 11.6 Å². The van der Waals surface area contributed by atoms with E-state index in [2.05, 4.69) is 44.8 Å². The summed E-state index contributed by atoms with van der Waals surface area (Å²) in [6.45, 7) is 3.80. The molecule has 2 aliphatic rings. The van der Waals surface area contributed by atoms with Crippen LogP contribution < -0.4 is 21.3 Å². The third-order valence-electron chi connectivity index (χ3n) is 11.9. The maximum atomic E-state index is 13.3. The normalized spacial score (nSPS) is 14.6. The molecule has 9 aromatic rings. The average molecular weight is 935 g/mol. The van der Waals surface area contributed by atoms with Gasteiger partial charge in [0, 0.05) is 69.0 Å². The van der Waals surface area contributed by atoms with Crippen molar-refractivity contribution in [2.24, 2.45) is 0 Å². The molecule has 11 rings (SSSR count). The number of hydrogen-bond donors (Lipinski definition) is 4. The number of anilines is 4. The maximum Gasteiger partial charge on any atom is 0.254 e. The van der Waals surface area contributed by atoms with E-state index >= 15 is 0 Å². The average Bonchev–Trinajstić information content (AvgIpc) is 3.99. The van der Waals surface area contributed by atoms with E-state index in [4.69, 9.17) is 11.5 Å². The summed E-state index contributed by atoms with van der Waals surface area (Å²) in [4.78, 5) is 52.2. The van der Waals surface area contributed by atoms with Gasteiger partial charge in [0.25, 0.3) is 5.91 Å². The van der Waals surface area contributed by atoms with Crippen molar-refractivity contribution in [1.82, 2.24) is 49.1 Å². The van der Waals surface area contributed by atoms with Crippen LogP contribution in [-0.4, -0.2) is 116 Å². The van der Waals surface area contributed by atoms with Crippen molar-refractivity contribution in [2.75, 3.05) is 73.6 Å². The second-order valence-electron chi connectivity index (χ2n) is 16.3. The Balaban J connectivity index is 0.000000159. The molecule has 2 fully saturated rings. The third-order valence-corrected chi connectivity index (χ3v) is 13.8. The van der Waals surface area contributed by atoms with Gasteiger partial charge in [-0.25, -0.2) is 27.2 Å². The van der Waals surface area contributed by atoms with Crippen molar-refractivity contribution < 1.29 is 22.0 Å². The molecule has 0 saturated carbocycles. The predicted molar refractivity (Wildman–Crippen MR) is 258 cm³/mol. The number of imidazole rings is 2. The topological polar surface area (TPSA) is 225 Å². The molecule has 5 aromatic carbocycles. The number of nitrogens with one attached hydrogen (secondary N) is 2. The SMILES string of the molecule is Nc1nc(N2CCN(C(=O)c3cccc4ccccc34)CC2)c2nc(-c3ccc(F)cc3)[nH]c2n1.Nc1nc(N2CCN(S(=O)(=O)Cc3ccccc3)CC2)c2nc(-c3ccc(F)cc3)[nH]c2n1. The number of fused-ring (bicyclic) bond motifs is 3. The highest BCUT2D eigenvalue weighted by Crippen LogP contribution is 2.30. The summed E-state index contributed by atoms with van der Waals surface area (Å²) < 4.78 is 53.9. The first-order valence-corrected chi connectivity index (χ1v) is 23.4. The van der Waals surface area contributed by atoms with Crippen LogP contribution in [0.5, 0.6) is 0 Å². The second-order valence-corrected chi connectivity index (χ2v) is 18.3. The Morgan fingerprint density at radius 3 is 1.59 bits per heavy atom. The summed E-state index contributed by atoms with van der Waals surface area (Å²) in [5.74, 6) is 1.82. The molecule has 0 aliphatic carbocycles. The predicted octanol–water partition coefficient (Wildman–Crippen LogP) is 6.25. The van der Waals surface area contributed by atoms with E-state index in [1.807, 2.05) is 82.6 Å². The summed E-state index contributed by atoms with van der Waals surface area (Å²) in [5.41, 5.74) is 16.9. The smallest absolute Gasteiger partial charge is 0.254 e. The number of nitrogens with zero attached hydrogens (tertiary/aromatic N) is 10. The molecule has 17 nitrogen and oxygen atoms in total. The lowest BCUT2D eigenvalue weighted by Crippen LogP contribution is -2.49. The van der Waals surface area contributed by atoms with E-state index in [9.17, 15) is 22.0 Å². The zero-order valence-corrected chi connectivity index (χ0v) is 37.2. The van der Waals surface area contributed by atoms with Crippen molar-refractivity contribution in [2.45, 2.75) is 5.75 Å². The van der Waals surface area contributed by atoms with Gasteiger partial charge in [-0.3, -0.25) is 4.79 Å². The molecule has 6 heterocycles. The van der Waals surface area contributed by atoms with E-state index in [0.29, 0.717) is 109 Å². The number of amides is 1. The molecule has 0 bridgehead atoms. The molecular formula is C48H44F2N14O3S. The van der Waals surface area contributed by atoms with Crippen LogP contribution in [0.15, 0.2) is 121 Å². The molecule has 0 spiro atoms. The number of nitrogens with two attached hydrogens (primary N) is 2.